The minimum atomic E-state index is -0.180. The molecule has 2 amide bonds. The summed E-state index contributed by atoms with van der Waals surface area (Å²) < 4.78 is 4.62. The molecular weight excluding hydrogens is 532 g/mol. The summed E-state index contributed by atoms with van der Waals surface area (Å²) in [5, 5.41) is 8.29. The number of aldehydes is 1. The van der Waals surface area contributed by atoms with Gasteiger partial charge in [-0.15, -0.1) is 0 Å². The summed E-state index contributed by atoms with van der Waals surface area (Å²) >= 11 is 0. The maximum Gasteiger partial charge on any atom is 0.251 e. The van der Waals surface area contributed by atoms with Gasteiger partial charge in [0.25, 0.3) is 5.91 Å². The van der Waals surface area contributed by atoms with E-state index in [0.29, 0.717) is 37.5 Å². The van der Waals surface area contributed by atoms with Crippen molar-refractivity contribution < 1.29 is 19.1 Å². The molecule has 230 valence electrons. The first-order chi connectivity index (χ1) is 20.4. The molecule has 1 fully saturated rings. The molecule has 42 heavy (non-hydrogen) atoms. The lowest BCUT2D eigenvalue weighted by Gasteiger charge is -2.17. The maximum absolute atomic E-state index is 12.5. The van der Waals surface area contributed by atoms with E-state index in [2.05, 4.69) is 37.6 Å². The normalized spacial score (nSPS) is 12.6. The summed E-state index contributed by atoms with van der Waals surface area (Å²) in [6.45, 7) is 6.22. The Hall–Kier alpha value is -4.05. The van der Waals surface area contributed by atoms with E-state index in [4.69, 9.17) is 0 Å². The summed E-state index contributed by atoms with van der Waals surface area (Å²) in [6, 6.07) is 9.08. The number of rotatable bonds is 13. The van der Waals surface area contributed by atoms with Gasteiger partial charge in [-0.3, -0.25) is 14.4 Å². The van der Waals surface area contributed by atoms with Crippen LogP contribution in [0.15, 0.2) is 48.7 Å². The number of carbonyl (C=O) groups is 3. The lowest BCUT2D eigenvalue weighted by atomic mass is 10.0. The molecule has 1 aromatic heterocycles. The highest BCUT2D eigenvalue weighted by atomic mass is 16.5. The Morgan fingerprint density at radius 1 is 1.02 bits per heavy atom. The molecule has 3 rings (SSSR count). The molecule has 1 aliphatic carbocycles. The number of aryl methyl sites for hydroxylation is 1. The third-order valence-corrected chi connectivity index (χ3v) is 6.34. The van der Waals surface area contributed by atoms with Crippen LogP contribution in [0.4, 0.5) is 5.82 Å². The van der Waals surface area contributed by atoms with Crippen molar-refractivity contribution in [2.24, 2.45) is 0 Å². The number of allylic oxidation sites excluding steroid dienone is 3. The topological polar surface area (TPSA) is 126 Å². The molecule has 0 unspecified atom stereocenters. The van der Waals surface area contributed by atoms with Crippen LogP contribution in [0.5, 0.6) is 0 Å². The zero-order valence-electron chi connectivity index (χ0n) is 25.8. The van der Waals surface area contributed by atoms with Gasteiger partial charge < -0.3 is 25.6 Å². The van der Waals surface area contributed by atoms with Crippen molar-refractivity contribution in [3.05, 3.63) is 71.3 Å². The van der Waals surface area contributed by atoms with E-state index in [-0.39, 0.29) is 5.91 Å². The Morgan fingerprint density at radius 3 is 2.17 bits per heavy atom. The standard InChI is InChI=1S/C22H27N5O2.C6H12.C4H9NO2/c1-5-27(4)21-13-20(25-16(2)26-21)15-24-22(29)18-10-8-17(9-11-18)19(14-23-3)7-6-12-28;1-2-4-6-5-3-1;1-7-3-2-5-4-6/h6-14,23H,5,15H2,1-4H3,(H,24,29);1-6H2;4H,2-3H2,1H3,(H,5,6)/b7-6-,19-14+;;. The van der Waals surface area contributed by atoms with Gasteiger partial charge in [-0.1, -0.05) is 50.7 Å². The van der Waals surface area contributed by atoms with Gasteiger partial charge in [-0.2, -0.15) is 0 Å². The van der Waals surface area contributed by atoms with Crippen molar-refractivity contribution in [1.82, 2.24) is 25.9 Å². The van der Waals surface area contributed by atoms with Crippen LogP contribution >= 0.6 is 0 Å². The molecule has 2 aromatic rings. The zero-order valence-corrected chi connectivity index (χ0v) is 25.8. The molecule has 10 nitrogen and oxygen atoms in total. The molecule has 0 bridgehead atoms. The van der Waals surface area contributed by atoms with Gasteiger partial charge >= 0.3 is 0 Å². The first kappa shape index (κ1) is 36.0. The molecule has 1 aromatic carbocycles. The number of hydrogen-bond acceptors (Lipinski definition) is 8. The molecule has 3 N–H and O–H groups in total. The number of benzene rings is 1. The monoisotopic (exact) mass is 580 g/mol. The number of amides is 2. The smallest absolute Gasteiger partial charge is 0.251 e. The van der Waals surface area contributed by atoms with Crippen LogP contribution in [-0.2, 0) is 20.9 Å². The molecular formula is C32H48N6O4. The SMILES string of the molecule is C1CCCCC1.CCN(C)c1cc(CNC(=O)c2ccc(C(/C=C\C=O)=C/NC)cc2)nc(C)n1.COCCNC=O. The van der Waals surface area contributed by atoms with Crippen LogP contribution < -0.4 is 20.9 Å². The van der Waals surface area contributed by atoms with Gasteiger partial charge in [0.2, 0.25) is 6.41 Å². The number of carbonyl (C=O) groups excluding carboxylic acids is 3. The van der Waals surface area contributed by atoms with Gasteiger partial charge in [0, 0.05) is 52.1 Å². The lowest BCUT2D eigenvalue weighted by molar-refractivity contribution is -0.109. The van der Waals surface area contributed by atoms with Gasteiger partial charge in [0.15, 0.2) is 0 Å². The maximum atomic E-state index is 12.5. The van der Waals surface area contributed by atoms with E-state index in [0.717, 1.165) is 35.5 Å². The molecule has 0 radical (unpaired) electrons. The summed E-state index contributed by atoms with van der Waals surface area (Å²) in [5.74, 6) is 1.32. The molecule has 1 heterocycles. The highest BCUT2D eigenvalue weighted by molar-refractivity contribution is 5.94. The number of anilines is 1. The molecule has 0 aliphatic heterocycles. The summed E-state index contributed by atoms with van der Waals surface area (Å²) in [5.41, 5.74) is 3.05. The Morgan fingerprint density at radius 2 is 1.64 bits per heavy atom. The summed E-state index contributed by atoms with van der Waals surface area (Å²) in [6.07, 6.45) is 15.3. The number of nitrogens with zero attached hydrogens (tertiary/aromatic N) is 3. The van der Waals surface area contributed by atoms with Gasteiger partial charge in [0.1, 0.15) is 17.9 Å². The Kier molecular flexibility index (Phi) is 19.4. The van der Waals surface area contributed by atoms with Crippen LogP contribution in [0.3, 0.4) is 0 Å². The van der Waals surface area contributed by atoms with Crippen molar-refractivity contribution in [2.45, 2.75) is 58.9 Å². The number of nitrogens with one attached hydrogen (secondary N) is 3. The number of ether oxygens (including phenoxy) is 1. The second-order valence-electron chi connectivity index (χ2n) is 9.61. The van der Waals surface area contributed by atoms with Crippen molar-refractivity contribution >= 4 is 30.0 Å². The van der Waals surface area contributed by atoms with Crippen LogP contribution in [0, 0.1) is 6.92 Å². The van der Waals surface area contributed by atoms with Crippen molar-refractivity contribution in [2.75, 3.05) is 45.8 Å². The first-order valence-corrected chi connectivity index (χ1v) is 14.5. The molecule has 0 saturated heterocycles. The largest absolute Gasteiger partial charge is 0.393 e. The third kappa shape index (κ3) is 15.1. The van der Waals surface area contributed by atoms with Crippen LogP contribution in [-0.4, -0.2) is 69.5 Å². The average Bonchev–Trinajstić information content (AvgIpc) is 3.03. The number of hydrogen-bond donors (Lipinski definition) is 3. The first-order valence-electron chi connectivity index (χ1n) is 14.5. The third-order valence-electron chi connectivity index (χ3n) is 6.34. The lowest BCUT2D eigenvalue weighted by Crippen LogP contribution is -2.24. The van der Waals surface area contributed by atoms with Crippen LogP contribution in [0.1, 0.15) is 72.9 Å². The minimum Gasteiger partial charge on any atom is -0.393 e. The van der Waals surface area contributed by atoms with Gasteiger partial charge in [-0.25, -0.2) is 9.97 Å². The highest BCUT2D eigenvalue weighted by Crippen LogP contribution is 2.17. The summed E-state index contributed by atoms with van der Waals surface area (Å²) in [4.78, 5) is 43.4. The van der Waals surface area contributed by atoms with Crippen LogP contribution in [0.25, 0.3) is 5.57 Å². The van der Waals surface area contributed by atoms with Crippen molar-refractivity contribution in [1.29, 1.82) is 0 Å². The molecule has 1 aliphatic rings. The van der Waals surface area contributed by atoms with Crippen molar-refractivity contribution in [3.8, 4) is 0 Å². The molecule has 10 heteroatoms. The minimum absolute atomic E-state index is 0.180. The van der Waals surface area contributed by atoms with Gasteiger partial charge in [0.05, 0.1) is 18.8 Å². The second-order valence-corrected chi connectivity index (χ2v) is 9.61. The Balaban J connectivity index is 0.000000556. The Labute approximate surface area is 251 Å². The fourth-order valence-electron chi connectivity index (χ4n) is 3.95. The zero-order chi connectivity index (χ0) is 31.0. The van der Waals surface area contributed by atoms with E-state index in [1.165, 1.54) is 44.6 Å². The fourth-order valence-corrected chi connectivity index (χ4v) is 3.95. The highest BCUT2D eigenvalue weighted by Gasteiger charge is 2.09. The summed E-state index contributed by atoms with van der Waals surface area (Å²) in [7, 11) is 5.34. The quantitative estimate of drug-likeness (QED) is 0.139. The van der Waals surface area contributed by atoms with E-state index < -0.39 is 0 Å². The average molecular weight is 581 g/mol. The van der Waals surface area contributed by atoms with E-state index in [9.17, 15) is 14.4 Å². The van der Waals surface area contributed by atoms with E-state index >= 15 is 0 Å². The number of methoxy groups -OCH3 is 1. The van der Waals surface area contributed by atoms with E-state index in [1.807, 2.05) is 37.1 Å². The second kappa shape index (κ2) is 22.6. The molecule has 0 spiro atoms. The Bertz CT molecular complexity index is 1100. The molecule has 1 saturated carbocycles. The van der Waals surface area contributed by atoms with Gasteiger partial charge in [-0.05, 0) is 49.3 Å². The number of aromatic nitrogens is 2. The fraction of sp³-hybridized carbons (Fsp3) is 0.469. The predicted octanol–water partition coefficient (Wildman–Crippen LogP) is 4.21. The van der Waals surface area contributed by atoms with Crippen LogP contribution in [0.2, 0.25) is 0 Å². The van der Waals surface area contributed by atoms with E-state index in [1.54, 1.807) is 38.6 Å². The predicted molar refractivity (Wildman–Crippen MR) is 169 cm³/mol. The van der Waals surface area contributed by atoms with Crippen molar-refractivity contribution in [3.63, 3.8) is 0 Å². The molecule has 0 atom stereocenters.